The molecule has 1 amide bonds. The Bertz CT molecular complexity index is 1430. The number of H-pyrrole nitrogens is 1. The zero-order chi connectivity index (χ0) is 26.9. The Morgan fingerprint density at radius 3 is 2.23 bits per heavy atom. The van der Waals surface area contributed by atoms with Crippen LogP contribution < -0.4 is 4.90 Å². The summed E-state index contributed by atoms with van der Waals surface area (Å²) < 4.78 is 0. The molecule has 2 aromatic heterocycles. The standard InChI is InChI=1S/C31H37N7O/c1-35(2)25-12-14-38(15-13-25)31(39)24-6-4-22(5-7-24)27-20-32-30-29(27)34-28(21-33-30)23-8-10-26(11-9-23)37-18-16-36(3)17-19-37/h4-11,20-21,25H,12-19H2,1-3H3,(H,32,33). The van der Waals surface area contributed by atoms with Gasteiger partial charge in [0.15, 0.2) is 5.65 Å². The second kappa shape index (κ2) is 10.8. The Labute approximate surface area is 230 Å². The molecule has 0 bridgehead atoms. The Morgan fingerprint density at radius 2 is 1.56 bits per heavy atom. The minimum absolute atomic E-state index is 0.111. The van der Waals surface area contributed by atoms with Crippen LogP contribution in [0.1, 0.15) is 23.2 Å². The van der Waals surface area contributed by atoms with Crippen molar-refractivity contribution < 1.29 is 4.79 Å². The summed E-state index contributed by atoms with van der Waals surface area (Å²) in [4.78, 5) is 35.0. The number of benzene rings is 2. The van der Waals surface area contributed by atoms with Crippen molar-refractivity contribution >= 4 is 22.8 Å². The molecule has 6 rings (SSSR count). The summed E-state index contributed by atoms with van der Waals surface area (Å²) in [5.74, 6) is 0.111. The topological polar surface area (TPSA) is 71.6 Å². The van der Waals surface area contributed by atoms with E-state index in [1.54, 1.807) is 0 Å². The summed E-state index contributed by atoms with van der Waals surface area (Å²) in [6, 6.07) is 17.1. The van der Waals surface area contributed by atoms with Crippen molar-refractivity contribution in [1.29, 1.82) is 0 Å². The third-order valence-electron chi connectivity index (χ3n) is 8.34. The van der Waals surface area contributed by atoms with Gasteiger partial charge in [-0.2, -0.15) is 0 Å². The molecule has 1 N–H and O–H groups in total. The maximum atomic E-state index is 13.1. The molecular formula is C31H37N7O. The fraction of sp³-hybridized carbons (Fsp3) is 0.387. The van der Waals surface area contributed by atoms with E-state index in [2.05, 4.69) is 70.1 Å². The molecule has 2 aromatic carbocycles. The highest BCUT2D eigenvalue weighted by Crippen LogP contribution is 2.30. The molecule has 0 unspecified atom stereocenters. The predicted molar refractivity (Wildman–Crippen MR) is 157 cm³/mol. The van der Waals surface area contributed by atoms with Crippen molar-refractivity contribution in [2.45, 2.75) is 18.9 Å². The van der Waals surface area contributed by atoms with Crippen molar-refractivity contribution in [3.05, 3.63) is 66.5 Å². The molecule has 4 heterocycles. The minimum Gasteiger partial charge on any atom is -0.369 e. The molecule has 8 heteroatoms. The number of likely N-dealkylation sites (tertiary alicyclic amines) is 1. The number of nitrogens with one attached hydrogen (secondary N) is 1. The van der Waals surface area contributed by atoms with Crippen molar-refractivity contribution in [2.24, 2.45) is 0 Å². The monoisotopic (exact) mass is 523 g/mol. The molecule has 0 radical (unpaired) electrons. The largest absolute Gasteiger partial charge is 0.369 e. The lowest BCUT2D eigenvalue weighted by Crippen LogP contribution is -2.44. The van der Waals surface area contributed by atoms with E-state index < -0.39 is 0 Å². The number of rotatable bonds is 5. The summed E-state index contributed by atoms with van der Waals surface area (Å²) in [5, 5.41) is 0. The highest BCUT2D eigenvalue weighted by molar-refractivity contribution is 5.96. The van der Waals surface area contributed by atoms with Crippen LogP contribution in [0.5, 0.6) is 0 Å². The molecule has 2 saturated heterocycles. The molecule has 2 aliphatic heterocycles. The Kier molecular flexibility index (Phi) is 7.06. The van der Waals surface area contributed by atoms with Crippen molar-refractivity contribution in [3.8, 4) is 22.4 Å². The maximum absolute atomic E-state index is 13.1. The number of likely N-dealkylation sites (N-methyl/N-ethyl adjacent to an activating group) is 1. The van der Waals surface area contributed by atoms with E-state index in [1.165, 1.54) is 5.69 Å². The number of carbonyl (C=O) groups is 1. The van der Waals surface area contributed by atoms with Crippen LogP contribution in [0.4, 0.5) is 5.69 Å². The second-order valence-electron chi connectivity index (χ2n) is 11.1. The number of fused-ring (bicyclic) bond motifs is 1. The number of hydrogen-bond acceptors (Lipinski definition) is 6. The van der Waals surface area contributed by atoms with Gasteiger partial charge in [-0.1, -0.05) is 24.3 Å². The lowest BCUT2D eigenvalue weighted by molar-refractivity contribution is 0.0663. The summed E-state index contributed by atoms with van der Waals surface area (Å²) in [7, 11) is 6.41. The van der Waals surface area contributed by atoms with Gasteiger partial charge in [0.25, 0.3) is 5.91 Å². The lowest BCUT2D eigenvalue weighted by Gasteiger charge is -2.35. The number of hydrogen-bond donors (Lipinski definition) is 1. The molecule has 8 nitrogen and oxygen atoms in total. The summed E-state index contributed by atoms with van der Waals surface area (Å²) in [6.45, 7) is 5.89. The predicted octanol–water partition coefficient (Wildman–Crippen LogP) is 4.21. The first kappa shape index (κ1) is 25.5. The van der Waals surface area contributed by atoms with Gasteiger partial charge in [0.2, 0.25) is 0 Å². The third-order valence-corrected chi connectivity index (χ3v) is 8.34. The van der Waals surface area contributed by atoms with Crippen LogP contribution >= 0.6 is 0 Å². The first-order chi connectivity index (χ1) is 19.0. The summed E-state index contributed by atoms with van der Waals surface area (Å²) in [6.07, 6.45) is 5.82. The van der Waals surface area contributed by atoms with Crippen LogP contribution in [0, 0.1) is 0 Å². The molecule has 0 saturated carbocycles. The first-order valence-corrected chi connectivity index (χ1v) is 13.9. The Morgan fingerprint density at radius 1 is 0.897 bits per heavy atom. The van der Waals surface area contributed by atoms with Crippen molar-refractivity contribution in [3.63, 3.8) is 0 Å². The first-order valence-electron chi connectivity index (χ1n) is 13.9. The maximum Gasteiger partial charge on any atom is 0.253 e. The number of carbonyl (C=O) groups excluding carboxylic acids is 1. The van der Waals surface area contributed by atoms with E-state index in [4.69, 9.17) is 4.98 Å². The van der Waals surface area contributed by atoms with Gasteiger partial charge in [0, 0.05) is 73.9 Å². The van der Waals surface area contributed by atoms with Gasteiger partial charge in [-0.25, -0.2) is 9.97 Å². The van der Waals surface area contributed by atoms with Crippen LogP contribution in [-0.2, 0) is 0 Å². The normalized spacial score (nSPS) is 17.3. The minimum atomic E-state index is 0.111. The Hall–Kier alpha value is -3.75. The molecule has 0 atom stereocenters. The number of aromatic nitrogens is 3. The number of nitrogens with zero attached hydrogens (tertiary/aromatic N) is 6. The van der Waals surface area contributed by atoms with E-state index in [1.807, 2.05) is 41.6 Å². The molecule has 0 spiro atoms. The zero-order valence-electron chi connectivity index (χ0n) is 23.1. The number of aromatic amines is 1. The van der Waals surface area contributed by atoms with Gasteiger partial charge in [-0.15, -0.1) is 0 Å². The second-order valence-corrected chi connectivity index (χ2v) is 11.1. The van der Waals surface area contributed by atoms with Crippen molar-refractivity contribution in [2.75, 3.05) is 65.3 Å². The van der Waals surface area contributed by atoms with E-state index in [0.29, 0.717) is 6.04 Å². The SMILES string of the molecule is CN1CCN(c2ccc(-c3cnc4[nH]cc(-c5ccc(C(=O)N6CCC(N(C)C)CC6)cc5)c4n3)cc2)CC1. The van der Waals surface area contributed by atoms with Gasteiger partial charge in [-0.05, 0) is 63.8 Å². The van der Waals surface area contributed by atoms with Gasteiger partial charge < -0.3 is 24.6 Å². The molecule has 4 aromatic rings. The third kappa shape index (κ3) is 5.27. The van der Waals surface area contributed by atoms with E-state index in [-0.39, 0.29) is 5.91 Å². The molecule has 2 fully saturated rings. The van der Waals surface area contributed by atoms with Crippen LogP contribution in [-0.4, -0.2) is 102 Å². The van der Waals surface area contributed by atoms with Gasteiger partial charge in [0.1, 0.15) is 5.52 Å². The van der Waals surface area contributed by atoms with Crippen LogP contribution in [0.3, 0.4) is 0 Å². The molecular weight excluding hydrogens is 486 g/mol. The van der Waals surface area contributed by atoms with Crippen LogP contribution in [0.25, 0.3) is 33.5 Å². The fourth-order valence-electron chi connectivity index (χ4n) is 5.72. The van der Waals surface area contributed by atoms with Crippen LogP contribution in [0.2, 0.25) is 0 Å². The van der Waals surface area contributed by atoms with Gasteiger partial charge in [0.05, 0.1) is 11.9 Å². The smallest absolute Gasteiger partial charge is 0.253 e. The average molecular weight is 524 g/mol. The lowest BCUT2D eigenvalue weighted by atomic mass is 10.0. The van der Waals surface area contributed by atoms with Crippen LogP contribution in [0.15, 0.2) is 60.9 Å². The number of anilines is 1. The number of piperidine rings is 1. The number of amides is 1. The molecule has 2 aliphatic rings. The van der Waals surface area contributed by atoms with E-state index >= 15 is 0 Å². The van der Waals surface area contributed by atoms with Crippen molar-refractivity contribution in [1.82, 2.24) is 29.7 Å². The highest BCUT2D eigenvalue weighted by Gasteiger charge is 2.24. The molecule has 39 heavy (non-hydrogen) atoms. The quantitative estimate of drug-likeness (QED) is 0.423. The van der Waals surface area contributed by atoms with E-state index in [9.17, 15) is 4.79 Å². The zero-order valence-corrected chi connectivity index (χ0v) is 23.1. The molecule has 202 valence electrons. The Balaban J connectivity index is 1.19. The summed E-state index contributed by atoms with van der Waals surface area (Å²) >= 11 is 0. The van der Waals surface area contributed by atoms with Gasteiger partial charge in [-0.3, -0.25) is 4.79 Å². The van der Waals surface area contributed by atoms with E-state index in [0.717, 1.165) is 91.2 Å². The van der Waals surface area contributed by atoms with Gasteiger partial charge >= 0.3 is 0 Å². The average Bonchev–Trinajstić information content (AvgIpc) is 3.41. The summed E-state index contributed by atoms with van der Waals surface area (Å²) in [5.41, 5.74) is 7.47. The highest BCUT2D eigenvalue weighted by atomic mass is 16.2. The molecule has 0 aliphatic carbocycles. The number of piperazine rings is 1. The fourth-order valence-corrected chi connectivity index (χ4v) is 5.72.